The maximum atomic E-state index is 13.2. The highest BCUT2D eigenvalue weighted by Crippen LogP contribution is 2.22. The molecule has 1 nitrogen and oxygen atoms in total. The number of nitrogens with one attached hydrogen (secondary N) is 1. The lowest BCUT2D eigenvalue weighted by Gasteiger charge is -2.19. The van der Waals surface area contributed by atoms with E-state index in [1.807, 2.05) is 6.07 Å². The molecule has 0 aliphatic carbocycles. The van der Waals surface area contributed by atoms with Gasteiger partial charge in [0.15, 0.2) is 0 Å². The van der Waals surface area contributed by atoms with Crippen LogP contribution in [-0.2, 0) is 18.4 Å². The molecule has 0 aromatic heterocycles. The van der Waals surface area contributed by atoms with Gasteiger partial charge in [0.25, 0.3) is 0 Å². The first-order chi connectivity index (χ1) is 10.3. The summed E-state index contributed by atoms with van der Waals surface area (Å²) < 4.78 is 13.2. The van der Waals surface area contributed by atoms with Gasteiger partial charge >= 0.3 is 0 Å². The third kappa shape index (κ3) is 5.11. The second-order valence-corrected chi connectivity index (χ2v) is 7.09. The van der Waals surface area contributed by atoms with Crippen LogP contribution >= 0.6 is 11.6 Å². The van der Waals surface area contributed by atoms with E-state index in [1.165, 1.54) is 23.3 Å². The quantitative estimate of drug-likeness (QED) is 0.755. The number of halogens is 2. The Morgan fingerprint density at radius 2 is 1.68 bits per heavy atom. The summed E-state index contributed by atoms with van der Waals surface area (Å²) in [6.45, 7) is 8.24. The molecule has 0 amide bonds. The smallest absolute Gasteiger partial charge is 0.124 e. The van der Waals surface area contributed by atoms with Crippen molar-refractivity contribution in [2.75, 3.05) is 6.54 Å². The fourth-order valence-electron chi connectivity index (χ4n) is 2.34. The minimum absolute atomic E-state index is 0.183. The largest absolute Gasteiger partial charge is 0.312 e. The Kier molecular flexibility index (Phi) is 5.60. The highest BCUT2D eigenvalue weighted by molar-refractivity contribution is 6.30. The van der Waals surface area contributed by atoms with E-state index < -0.39 is 0 Å². The van der Waals surface area contributed by atoms with E-state index in [2.05, 4.69) is 50.4 Å². The monoisotopic (exact) mass is 319 g/mol. The molecular formula is C19H23ClFN. The number of hydrogen-bond acceptors (Lipinski definition) is 1. The number of hydrogen-bond donors (Lipinski definition) is 1. The lowest BCUT2D eigenvalue weighted by atomic mass is 9.87. The summed E-state index contributed by atoms with van der Waals surface area (Å²) in [7, 11) is 0. The van der Waals surface area contributed by atoms with Gasteiger partial charge in [0.1, 0.15) is 5.82 Å². The molecule has 0 saturated heterocycles. The molecule has 0 aliphatic heterocycles. The molecule has 0 heterocycles. The van der Waals surface area contributed by atoms with Gasteiger partial charge in [-0.1, -0.05) is 56.6 Å². The van der Waals surface area contributed by atoms with Crippen molar-refractivity contribution in [3.8, 4) is 0 Å². The summed E-state index contributed by atoms with van der Waals surface area (Å²) in [5.74, 6) is -0.278. The van der Waals surface area contributed by atoms with Gasteiger partial charge in [-0.15, -0.1) is 0 Å². The summed E-state index contributed by atoms with van der Waals surface area (Å²) in [6, 6.07) is 13.4. The first-order valence-electron chi connectivity index (χ1n) is 7.60. The Morgan fingerprint density at radius 3 is 2.27 bits per heavy atom. The topological polar surface area (TPSA) is 12.0 Å². The van der Waals surface area contributed by atoms with Gasteiger partial charge < -0.3 is 5.32 Å². The van der Waals surface area contributed by atoms with E-state index in [0.717, 1.165) is 25.1 Å². The predicted octanol–water partition coefficient (Wildman–Crippen LogP) is 5.11. The van der Waals surface area contributed by atoms with Gasteiger partial charge in [-0.3, -0.25) is 0 Å². The molecule has 2 rings (SSSR count). The van der Waals surface area contributed by atoms with Crippen LogP contribution in [0.5, 0.6) is 0 Å². The third-order valence-corrected chi connectivity index (χ3v) is 3.88. The molecule has 1 N–H and O–H groups in total. The van der Waals surface area contributed by atoms with Crippen molar-refractivity contribution in [1.82, 2.24) is 5.32 Å². The van der Waals surface area contributed by atoms with Gasteiger partial charge in [-0.25, -0.2) is 4.39 Å². The SMILES string of the molecule is CC(C)(C)c1ccc(CNCCc2cc(F)cc(Cl)c2)cc1. The third-order valence-electron chi connectivity index (χ3n) is 3.66. The number of benzene rings is 2. The maximum absolute atomic E-state index is 13.2. The highest BCUT2D eigenvalue weighted by Gasteiger charge is 2.12. The van der Waals surface area contributed by atoms with E-state index in [0.29, 0.717) is 5.02 Å². The second kappa shape index (κ2) is 7.26. The molecule has 0 fully saturated rings. The molecule has 0 unspecified atom stereocenters. The summed E-state index contributed by atoms with van der Waals surface area (Å²) in [6.07, 6.45) is 0.761. The van der Waals surface area contributed by atoms with E-state index in [-0.39, 0.29) is 11.2 Å². The first-order valence-corrected chi connectivity index (χ1v) is 7.97. The van der Waals surface area contributed by atoms with Crippen LogP contribution in [0, 0.1) is 5.82 Å². The van der Waals surface area contributed by atoms with Crippen LogP contribution in [-0.4, -0.2) is 6.54 Å². The molecule has 118 valence electrons. The predicted molar refractivity (Wildman–Crippen MR) is 92.0 cm³/mol. The Bertz CT molecular complexity index is 594. The van der Waals surface area contributed by atoms with Crippen LogP contribution in [0.25, 0.3) is 0 Å². The van der Waals surface area contributed by atoms with Crippen LogP contribution in [0.2, 0.25) is 5.02 Å². The highest BCUT2D eigenvalue weighted by atomic mass is 35.5. The van der Waals surface area contributed by atoms with Crippen molar-refractivity contribution >= 4 is 11.6 Å². The van der Waals surface area contributed by atoms with Gasteiger partial charge in [-0.05, 0) is 53.3 Å². The Balaban J connectivity index is 1.81. The van der Waals surface area contributed by atoms with Crippen molar-refractivity contribution in [2.45, 2.75) is 39.2 Å². The van der Waals surface area contributed by atoms with Crippen LogP contribution < -0.4 is 5.32 Å². The molecule has 0 bridgehead atoms. The normalized spacial score (nSPS) is 11.7. The summed E-state index contributed by atoms with van der Waals surface area (Å²) >= 11 is 5.85. The average Bonchev–Trinajstić information content (AvgIpc) is 2.42. The molecule has 0 spiro atoms. The van der Waals surface area contributed by atoms with Crippen molar-refractivity contribution in [1.29, 1.82) is 0 Å². The number of rotatable bonds is 5. The van der Waals surface area contributed by atoms with E-state index >= 15 is 0 Å². The zero-order valence-corrected chi connectivity index (χ0v) is 14.2. The zero-order valence-electron chi connectivity index (χ0n) is 13.4. The average molecular weight is 320 g/mol. The Hall–Kier alpha value is -1.38. The van der Waals surface area contributed by atoms with Crippen LogP contribution in [0.4, 0.5) is 4.39 Å². The maximum Gasteiger partial charge on any atom is 0.124 e. The fourth-order valence-corrected chi connectivity index (χ4v) is 2.59. The molecule has 2 aromatic rings. The zero-order chi connectivity index (χ0) is 16.2. The van der Waals surface area contributed by atoms with Crippen LogP contribution in [0.15, 0.2) is 42.5 Å². The Labute approximate surface area is 137 Å². The first kappa shape index (κ1) is 17.0. The van der Waals surface area contributed by atoms with Crippen molar-refractivity contribution in [2.24, 2.45) is 0 Å². The van der Waals surface area contributed by atoms with Crippen molar-refractivity contribution in [3.05, 3.63) is 70.0 Å². The fraction of sp³-hybridized carbons (Fsp3) is 0.368. The molecule has 2 aromatic carbocycles. The van der Waals surface area contributed by atoms with Crippen LogP contribution in [0.1, 0.15) is 37.5 Å². The summed E-state index contributed by atoms with van der Waals surface area (Å²) in [5, 5.41) is 3.83. The van der Waals surface area contributed by atoms with E-state index in [9.17, 15) is 4.39 Å². The lowest BCUT2D eigenvalue weighted by Crippen LogP contribution is -2.17. The molecule has 0 aliphatic rings. The summed E-state index contributed by atoms with van der Waals surface area (Å²) in [5.41, 5.74) is 3.69. The van der Waals surface area contributed by atoms with Gasteiger partial charge in [0.05, 0.1) is 0 Å². The van der Waals surface area contributed by atoms with Crippen molar-refractivity contribution in [3.63, 3.8) is 0 Å². The summed E-state index contributed by atoms with van der Waals surface area (Å²) in [4.78, 5) is 0. The van der Waals surface area contributed by atoms with Gasteiger partial charge in [-0.2, -0.15) is 0 Å². The van der Waals surface area contributed by atoms with E-state index in [4.69, 9.17) is 11.6 Å². The minimum Gasteiger partial charge on any atom is -0.312 e. The van der Waals surface area contributed by atoms with Gasteiger partial charge in [0, 0.05) is 11.6 Å². The second-order valence-electron chi connectivity index (χ2n) is 6.65. The van der Waals surface area contributed by atoms with Gasteiger partial charge in [0.2, 0.25) is 0 Å². The minimum atomic E-state index is -0.278. The lowest BCUT2D eigenvalue weighted by molar-refractivity contribution is 0.589. The van der Waals surface area contributed by atoms with Crippen molar-refractivity contribution < 1.29 is 4.39 Å². The molecular weight excluding hydrogens is 297 g/mol. The Morgan fingerprint density at radius 1 is 1.00 bits per heavy atom. The molecule has 22 heavy (non-hydrogen) atoms. The standard InChI is InChI=1S/C19H23ClFN/c1-19(2,3)16-6-4-14(5-7-16)13-22-9-8-15-10-17(20)12-18(21)11-15/h4-7,10-12,22H,8-9,13H2,1-3H3. The molecule has 3 heteroatoms. The molecule has 0 saturated carbocycles. The molecule has 0 radical (unpaired) electrons. The van der Waals surface area contributed by atoms with E-state index in [1.54, 1.807) is 0 Å². The van der Waals surface area contributed by atoms with Crippen LogP contribution in [0.3, 0.4) is 0 Å². The molecule has 0 atom stereocenters.